The van der Waals surface area contributed by atoms with E-state index < -0.39 is 10.0 Å². The first-order valence-corrected chi connectivity index (χ1v) is 7.63. The lowest BCUT2D eigenvalue weighted by molar-refractivity contribution is 0.596. The molecule has 10 heteroatoms. The summed E-state index contributed by atoms with van der Waals surface area (Å²) in [5.74, 6) is 0.457. The Morgan fingerprint density at radius 2 is 2.32 bits per heavy atom. The molecule has 19 heavy (non-hydrogen) atoms. The average molecular weight is 298 g/mol. The molecule has 0 unspecified atom stereocenters. The molecule has 0 radical (unpaired) electrons. The molecule has 0 amide bonds. The minimum atomic E-state index is -3.78. The molecule has 0 aromatic carbocycles. The monoisotopic (exact) mass is 298 g/mol. The van der Waals surface area contributed by atoms with Gasteiger partial charge in [-0.2, -0.15) is 8.42 Å². The average Bonchev–Trinajstić information content (AvgIpc) is 3.01. The Bertz CT molecular complexity index is 801. The fourth-order valence-electron chi connectivity index (χ4n) is 1.68. The van der Waals surface area contributed by atoms with Gasteiger partial charge in [0.15, 0.2) is 10.8 Å². The van der Waals surface area contributed by atoms with Gasteiger partial charge in [0, 0.05) is 31.0 Å². The summed E-state index contributed by atoms with van der Waals surface area (Å²) >= 11 is 1.36. The van der Waals surface area contributed by atoms with E-state index in [1.807, 2.05) is 0 Å². The van der Waals surface area contributed by atoms with Crippen molar-refractivity contribution in [3.05, 3.63) is 24.0 Å². The molecule has 0 spiro atoms. The van der Waals surface area contributed by atoms with Crippen LogP contribution >= 0.6 is 11.3 Å². The number of anilines is 2. The van der Waals surface area contributed by atoms with Crippen LogP contribution in [0.15, 0.2) is 29.0 Å². The van der Waals surface area contributed by atoms with Crippen molar-refractivity contribution in [1.29, 1.82) is 0 Å². The number of imidazole rings is 2. The van der Waals surface area contributed by atoms with Crippen LogP contribution in [0.2, 0.25) is 0 Å². The zero-order valence-corrected chi connectivity index (χ0v) is 11.4. The van der Waals surface area contributed by atoms with E-state index in [1.54, 1.807) is 18.6 Å². The maximum absolute atomic E-state index is 12.4. The summed E-state index contributed by atoms with van der Waals surface area (Å²) in [4.78, 5) is 11.3. The first kappa shape index (κ1) is 12.0. The Morgan fingerprint density at radius 1 is 1.47 bits per heavy atom. The van der Waals surface area contributed by atoms with Crippen LogP contribution in [-0.2, 0) is 10.0 Å². The highest BCUT2D eigenvalue weighted by Gasteiger charge is 2.26. The highest BCUT2D eigenvalue weighted by molar-refractivity contribution is 7.92. The maximum atomic E-state index is 12.4. The van der Waals surface area contributed by atoms with Crippen molar-refractivity contribution < 1.29 is 8.42 Å². The number of hydrogen-bond acceptors (Lipinski definition) is 6. The maximum Gasteiger partial charge on any atom is 0.284 e. The van der Waals surface area contributed by atoms with Gasteiger partial charge in [0.05, 0.1) is 0 Å². The Labute approximate surface area is 112 Å². The molecule has 0 saturated carbocycles. The fourth-order valence-corrected chi connectivity index (χ4v) is 3.72. The molecule has 3 N–H and O–H groups in total. The third-order valence-electron chi connectivity index (χ3n) is 2.44. The summed E-state index contributed by atoms with van der Waals surface area (Å²) < 4.78 is 28.7. The van der Waals surface area contributed by atoms with Gasteiger partial charge in [-0.05, 0) is 0 Å². The van der Waals surface area contributed by atoms with Gasteiger partial charge < -0.3 is 10.3 Å². The number of nitrogens with zero attached hydrogens (tertiary/aromatic N) is 3. The number of nitrogens with one attached hydrogen (secondary N) is 3. The smallest absolute Gasteiger partial charge is 0.284 e. The van der Waals surface area contributed by atoms with Crippen LogP contribution in [0.4, 0.5) is 11.8 Å². The van der Waals surface area contributed by atoms with Crippen LogP contribution in [0.5, 0.6) is 0 Å². The van der Waals surface area contributed by atoms with E-state index in [2.05, 4.69) is 25.0 Å². The van der Waals surface area contributed by atoms with Gasteiger partial charge in [-0.25, -0.2) is 14.7 Å². The molecule has 3 aromatic rings. The summed E-state index contributed by atoms with van der Waals surface area (Å²) in [7, 11) is -2.15. The van der Waals surface area contributed by atoms with Crippen LogP contribution in [0, 0.1) is 0 Å². The summed E-state index contributed by atoms with van der Waals surface area (Å²) in [6.07, 6.45) is 4.66. The topological polar surface area (TPSA) is 104 Å². The van der Waals surface area contributed by atoms with Crippen molar-refractivity contribution >= 4 is 38.1 Å². The minimum Gasteiger partial charge on any atom is -0.371 e. The molecule has 0 saturated heterocycles. The highest BCUT2D eigenvalue weighted by Crippen LogP contribution is 2.26. The van der Waals surface area contributed by atoms with Crippen LogP contribution in [-0.4, -0.2) is 34.8 Å². The van der Waals surface area contributed by atoms with Gasteiger partial charge >= 0.3 is 0 Å². The van der Waals surface area contributed by atoms with Crippen molar-refractivity contribution in [2.45, 2.75) is 5.03 Å². The second-order valence-electron chi connectivity index (χ2n) is 3.61. The van der Waals surface area contributed by atoms with E-state index in [1.165, 1.54) is 28.1 Å². The van der Waals surface area contributed by atoms with Gasteiger partial charge in [-0.3, -0.25) is 4.40 Å². The molecule has 8 nitrogen and oxygen atoms in total. The summed E-state index contributed by atoms with van der Waals surface area (Å²) in [6, 6.07) is 0. The van der Waals surface area contributed by atoms with Gasteiger partial charge in [0.25, 0.3) is 10.0 Å². The van der Waals surface area contributed by atoms with E-state index in [0.717, 1.165) is 0 Å². The van der Waals surface area contributed by atoms with Crippen molar-refractivity contribution in [1.82, 2.24) is 19.4 Å². The van der Waals surface area contributed by atoms with Gasteiger partial charge in [-0.1, -0.05) is 0 Å². The molecule has 3 rings (SSSR count). The summed E-state index contributed by atoms with van der Waals surface area (Å²) in [6.45, 7) is 0. The zero-order valence-electron chi connectivity index (χ0n) is 9.78. The van der Waals surface area contributed by atoms with Crippen LogP contribution in [0.1, 0.15) is 0 Å². The Hall–Kier alpha value is -2.07. The van der Waals surface area contributed by atoms with Crippen LogP contribution in [0.25, 0.3) is 4.96 Å². The fraction of sp³-hybridized carbons (Fsp3) is 0.111. The molecule has 0 aliphatic heterocycles. The summed E-state index contributed by atoms with van der Waals surface area (Å²) in [5.41, 5.74) is 0. The van der Waals surface area contributed by atoms with E-state index >= 15 is 0 Å². The lowest BCUT2D eigenvalue weighted by atomic mass is 10.7. The van der Waals surface area contributed by atoms with E-state index in [9.17, 15) is 8.42 Å². The molecular weight excluding hydrogens is 288 g/mol. The lowest BCUT2D eigenvalue weighted by Crippen LogP contribution is -2.17. The Morgan fingerprint density at radius 3 is 3.00 bits per heavy atom. The van der Waals surface area contributed by atoms with Crippen molar-refractivity contribution in [2.75, 3.05) is 17.1 Å². The van der Waals surface area contributed by atoms with Crippen molar-refractivity contribution in [2.24, 2.45) is 0 Å². The Kier molecular flexibility index (Phi) is 2.68. The minimum absolute atomic E-state index is 0.0580. The first-order valence-electron chi connectivity index (χ1n) is 5.27. The Balaban J connectivity index is 2.14. The first-order chi connectivity index (χ1) is 9.12. The number of thiazole rings is 1. The quantitative estimate of drug-likeness (QED) is 0.665. The molecule has 3 heterocycles. The van der Waals surface area contributed by atoms with E-state index in [0.29, 0.717) is 10.8 Å². The third-order valence-corrected chi connectivity index (χ3v) is 4.56. The largest absolute Gasteiger partial charge is 0.371 e. The molecule has 0 aliphatic rings. The number of aromatic nitrogens is 4. The number of rotatable bonds is 4. The molecule has 100 valence electrons. The van der Waals surface area contributed by atoms with Crippen LogP contribution in [0.3, 0.4) is 0 Å². The second kappa shape index (κ2) is 4.24. The lowest BCUT2D eigenvalue weighted by Gasteiger charge is -2.06. The third kappa shape index (κ3) is 1.94. The normalized spacial score (nSPS) is 11.8. The predicted octanol–water partition coefficient (Wildman–Crippen LogP) is 0.961. The molecule has 0 aliphatic carbocycles. The standard InChI is InChI=1S/C9H10N6O2S2/c1-10-6-7(15-4-5-18-9(15)13-6)19(16,17)14-8-11-2-3-12-8/h2-5,10H,1H3,(H2,11,12,14). The SMILES string of the molecule is CNc1nc2sccn2c1S(=O)(=O)Nc1ncc[nH]1. The zero-order chi connectivity index (χ0) is 13.5. The number of sulfonamides is 1. The molecule has 0 bridgehead atoms. The molecular formula is C9H10N6O2S2. The number of aromatic amines is 1. The molecule has 0 fully saturated rings. The number of H-pyrrole nitrogens is 1. The number of hydrogen-bond donors (Lipinski definition) is 3. The van der Waals surface area contributed by atoms with Crippen molar-refractivity contribution in [3.63, 3.8) is 0 Å². The number of fused-ring (bicyclic) bond motifs is 1. The molecule has 0 atom stereocenters. The van der Waals surface area contributed by atoms with E-state index in [4.69, 9.17) is 0 Å². The van der Waals surface area contributed by atoms with Gasteiger partial charge in [0.2, 0.25) is 11.0 Å². The highest BCUT2D eigenvalue weighted by atomic mass is 32.2. The molecule has 3 aromatic heterocycles. The predicted molar refractivity (Wildman–Crippen MR) is 72.0 cm³/mol. The van der Waals surface area contributed by atoms with Crippen molar-refractivity contribution in [3.8, 4) is 0 Å². The van der Waals surface area contributed by atoms with Gasteiger partial charge in [0.1, 0.15) is 0 Å². The second-order valence-corrected chi connectivity index (χ2v) is 6.09. The van der Waals surface area contributed by atoms with E-state index in [-0.39, 0.29) is 11.0 Å². The van der Waals surface area contributed by atoms with Gasteiger partial charge in [-0.15, -0.1) is 11.3 Å². The summed E-state index contributed by atoms with van der Waals surface area (Å²) in [5, 5.41) is 4.61. The van der Waals surface area contributed by atoms with Crippen LogP contribution < -0.4 is 10.0 Å².